The number of halogens is 3. The Balaban J connectivity index is 2.50. The summed E-state index contributed by atoms with van der Waals surface area (Å²) in [5.74, 6) is 0. The lowest BCUT2D eigenvalue weighted by Gasteiger charge is -2.07. The standard InChI is InChI=1S/C14H12F3N3OS/c1-8(19-20-13(18)21)11-7-10(9-5-3-2-4-6-9)12(22-11)14(15,16)17/h2-7H,1H3,(H3,18,20,21)/b19-8+. The summed E-state index contributed by atoms with van der Waals surface area (Å²) in [5, 5.41) is 3.66. The lowest BCUT2D eigenvalue weighted by atomic mass is 10.1. The van der Waals surface area contributed by atoms with Crippen LogP contribution >= 0.6 is 11.3 Å². The summed E-state index contributed by atoms with van der Waals surface area (Å²) in [7, 11) is 0. The number of hydrogen-bond acceptors (Lipinski definition) is 3. The number of primary amides is 1. The van der Waals surface area contributed by atoms with Gasteiger partial charge in [-0.15, -0.1) is 11.3 Å². The van der Waals surface area contributed by atoms with Crippen molar-refractivity contribution in [1.29, 1.82) is 0 Å². The molecule has 0 radical (unpaired) electrons. The predicted molar refractivity (Wildman–Crippen MR) is 79.7 cm³/mol. The molecule has 4 nitrogen and oxygen atoms in total. The predicted octanol–water partition coefficient (Wildman–Crippen LogP) is 3.83. The highest BCUT2D eigenvalue weighted by Gasteiger charge is 2.36. The Morgan fingerprint density at radius 1 is 1.27 bits per heavy atom. The van der Waals surface area contributed by atoms with Crippen molar-refractivity contribution in [3.8, 4) is 11.1 Å². The molecular weight excluding hydrogens is 315 g/mol. The molecule has 0 aliphatic rings. The second-order valence-corrected chi connectivity index (χ2v) is 5.44. The number of alkyl halides is 3. The van der Waals surface area contributed by atoms with Crippen molar-refractivity contribution >= 4 is 23.1 Å². The molecule has 3 N–H and O–H groups in total. The summed E-state index contributed by atoms with van der Waals surface area (Å²) < 4.78 is 39.6. The lowest BCUT2D eigenvalue weighted by molar-refractivity contribution is -0.133. The van der Waals surface area contributed by atoms with Crippen LogP contribution < -0.4 is 11.2 Å². The maximum Gasteiger partial charge on any atom is 0.426 e. The van der Waals surface area contributed by atoms with E-state index in [-0.39, 0.29) is 11.3 Å². The van der Waals surface area contributed by atoms with Crippen molar-refractivity contribution < 1.29 is 18.0 Å². The average Bonchev–Trinajstić information content (AvgIpc) is 2.91. The fourth-order valence-corrected chi connectivity index (χ4v) is 2.80. The van der Waals surface area contributed by atoms with E-state index in [1.165, 1.54) is 13.0 Å². The molecule has 0 bridgehead atoms. The average molecular weight is 327 g/mol. The normalized spacial score (nSPS) is 12.3. The molecule has 0 aliphatic heterocycles. The van der Waals surface area contributed by atoms with E-state index in [0.717, 1.165) is 0 Å². The Hall–Kier alpha value is -2.35. The SMILES string of the molecule is C/C(=N\NC(N)=O)c1cc(-c2ccccc2)c(C(F)(F)F)s1. The molecule has 2 rings (SSSR count). The number of urea groups is 1. The maximum atomic E-state index is 13.2. The summed E-state index contributed by atoms with van der Waals surface area (Å²) >= 11 is 0.573. The fraction of sp³-hybridized carbons (Fsp3) is 0.143. The Morgan fingerprint density at radius 3 is 2.45 bits per heavy atom. The van der Waals surface area contributed by atoms with Crippen LogP contribution in [0, 0.1) is 0 Å². The van der Waals surface area contributed by atoms with Crippen molar-refractivity contribution in [2.75, 3.05) is 0 Å². The number of rotatable bonds is 3. The van der Waals surface area contributed by atoms with E-state index in [1.807, 2.05) is 5.43 Å². The molecule has 2 amide bonds. The van der Waals surface area contributed by atoms with Gasteiger partial charge in [-0.05, 0) is 18.6 Å². The monoisotopic (exact) mass is 327 g/mol. The van der Waals surface area contributed by atoms with Crippen LogP contribution in [0.2, 0.25) is 0 Å². The molecular formula is C14H12F3N3OS. The second-order valence-electron chi connectivity index (χ2n) is 4.39. The summed E-state index contributed by atoms with van der Waals surface area (Å²) in [5.41, 5.74) is 7.68. The van der Waals surface area contributed by atoms with Crippen molar-refractivity contribution in [2.24, 2.45) is 10.8 Å². The Bertz CT molecular complexity index is 708. The van der Waals surface area contributed by atoms with Gasteiger partial charge in [0.05, 0.1) is 10.6 Å². The van der Waals surface area contributed by atoms with Crippen LogP contribution in [0.15, 0.2) is 41.5 Å². The summed E-state index contributed by atoms with van der Waals surface area (Å²) in [4.78, 5) is 10.2. The van der Waals surface area contributed by atoms with E-state index in [4.69, 9.17) is 5.73 Å². The number of nitrogens with zero attached hydrogens (tertiary/aromatic N) is 1. The first kappa shape index (κ1) is 16.0. The van der Waals surface area contributed by atoms with Gasteiger partial charge in [-0.1, -0.05) is 30.3 Å². The molecule has 0 unspecified atom stereocenters. The van der Waals surface area contributed by atoms with Crippen LogP contribution in [-0.4, -0.2) is 11.7 Å². The van der Waals surface area contributed by atoms with Crippen LogP contribution in [0.25, 0.3) is 11.1 Å². The zero-order valence-corrected chi connectivity index (χ0v) is 12.3. The third kappa shape index (κ3) is 3.64. The van der Waals surface area contributed by atoms with Crippen molar-refractivity contribution in [2.45, 2.75) is 13.1 Å². The molecule has 0 spiro atoms. The summed E-state index contributed by atoms with van der Waals surface area (Å²) in [6, 6.07) is 8.81. The number of thiophene rings is 1. The van der Waals surface area contributed by atoms with Crippen LogP contribution in [0.5, 0.6) is 0 Å². The van der Waals surface area contributed by atoms with Crippen molar-refractivity contribution in [1.82, 2.24) is 5.43 Å². The maximum absolute atomic E-state index is 13.2. The van der Waals surface area contributed by atoms with Gasteiger partial charge >= 0.3 is 12.2 Å². The van der Waals surface area contributed by atoms with Crippen LogP contribution in [-0.2, 0) is 6.18 Å². The van der Waals surface area contributed by atoms with E-state index in [1.54, 1.807) is 30.3 Å². The van der Waals surface area contributed by atoms with Gasteiger partial charge in [0.1, 0.15) is 4.88 Å². The lowest BCUT2D eigenvalue weighted by Crippen LogP contribution is -2.25. The van der Waals surface area contributed by atoms with Gasteiger partial charge in [0.25, 0.3) is 0 Å². The van der Waals surface area contributed by atoms with Crippen LogP contribution in [0.1, 0.15) is 16.7 Å². The highest BCUT2D eigenvalue weighted by molar-refractivity contribution is 7.14. The molecule has 0 atom stereocenters. The Kier molecular flexibility index (Phi) is 4.51. The second kappa shape index (κ2) is 6.18. The minimum atomic E-state index is -4.47. The zero-order chi connectivity index (χ0) is 16.3. The van der Waals surface area contributed by atoms with Crippen molar-refractivity contribution in [3.05, 3.63) is 46.2 Å². The van der Waals surface area contributed by atoms with Gasteiger partial charge in [0, 0.05) is 5.56 Å². The first-order valence-corrected chi connectivity index (χ1v) is 6.97. The minimum absolute atomic E-state index is 0.0849. The highest BCUT2D eigenvalue weighted by atomic mass is 32.1. The van der Waals surface area contributed by atoms with Gasteiger partial charge in [-0.3, -0.25) is 0 Å². The van der Waals surface area contributed by atoms with E-state index in [9.17, 15) is 18.0 Å². The number of carbonyl (C=O) groups excluding carboxylic acids is 1. The number of nitrogens with one attached hydrogen (secondary N) is 1. The van der Waals surface area contributed by atoms with Gasteiger partial charge < -0.3 is 5.73 Å². The van der Waals surface area contributed by atoms with Crippen molar-refractivity contribution in [3.63, 3.8) is 0 Å². The summed E-state index contributed by atoms with van der Waals surface area (Å²) in [6.45, 7) is 1.50. The molecule has 0 aliphatic carbocycles. The first-order chi connectivity index (χ1) is 10.3. The molecule has 1 heterocycles. The molecule has 0 fully saturated rings. The summed E-state index contributed by atoms with van der Waals surface area (Å²) in [6.07, 6.45) is -4.47. The van der Waals surface area contributed by atoms with E-state index in [2.05, 4.69) is 5.10 Å². The van der Waals surface area contributed by atoms with Gasteiger partial charge in [0.2, 0.25) is 0 Å². The van der Waals surface area contributed by atoms with E-state index >= 15 is 0 Å². The molecule has 2 aromatic rings. The number of hydrazone groups is 1. The van der Waals surface area contributed by atoms with Gasteiger partial charge in [0.15, 0.2) is 0 Å². The van der Waals surface area contributed by atoms with Gasteiger partial charge in [-0.2, -0.15) is 18.3 Å². The number of amides is 2. The van der Waals surface area contributed by atoms with Crippen LogP contribution in [0.4, 0.5) is 18.0 Å². The number of benzene rings is 1. The smallest absolute Gasteiger partial charge is 0.350 e. The quantitative estimate of drug-likeness (QED) is 0.653. The number of nitrogens with two attached hydrogens (primary N) is 1. The topological polar surface area (TPSA) is 67.5 Å². The molecule has 8 heteroatoms. The number of hydrogen-bond donors (Lipinski definition) is 2. The highest BCUT2D eigenvalue weighted by Crippen LogP contribution is 2.42. The van der Waals surface area contributed by atoms with Gasteiger partial charge in [-0.25, -0.2) is 10.2 Å². The van der Waals surface area contributed by atoms with Crippen LogP contribution in [0.3, 0.4) is 0 Å². The molecule has 1 aromatic heterocycles. The molecule has 22 heavy (non-hydrogen) atoms. The zero-order valence-electron chi connectivity index (χ0n) is 11.4. The Morgan fingerprint density at radius 2 is 1.91 bits per heavy atom. The van der Waals surface area contributed by atoms with E-state index in [0.29, 0.717) is 21.8 Å². The molecule has 0 saturated heterocycles. The first-order valence-electron chi connectivity index (χ1n) is 6.15. The third-order valence-electron chi connectivity index (χ3n) is 2.76. The molecule has 116 valence electrons. The largest absolute Gasteiger partial charge is 0.426 e. The molecule has 1 aromatic carbocycles. The third-order valence-corrected chi connectivity index (χ3v) is 4.05. The minimum Gasteiger partial charge on any atom is -0.350 e. The molecule has 0 saturated carbocycles. The number of carbonyl (C=O) groups is 1. The van der Waals surface area contributed by atoms with E-state index < -0.39 is 17.1 Å². The Labute approximate surface area is 128 Å². The fourth-order valence-electron chi connectivity index (χ4n) is 1.81.